The van der Waals surface area contributed by atoms with Gasteiger partial charge in [0.25, 0.3) is 11.6 Å². The molecule has 2 amide bonds. The zero-order valence-electron chi connectivity index (χ0n) is 14.3. The Hall–Kier alpha value is -3.33. The lowest BCUT2D eigenvalue weighted by Crippen LogP contribution is -2.42. The highest BCUT2D eigenvalue weighted by atomic mass is 32.2. The number of amides is 2. The van der Waals surface area contributed by atoms with E-state index in [4.69, 9.17) is 0 Å². The maximum atomic E-state index is 12.3. The Morgan fingerprint density at radius 3 is 2.70 bits per heavy atom. The maximum absolute atomic E-state index is 12.3. The molecule has 1 aromatic heterocycles. The molecule has 3 aromatic rings. The van der Waals surface area contributed by atoms with Crippen LogP contribution in [0.2, 0.25) is 0 Å². The lowest BCUT2D eigenvalue weighted by atomic mass is 10.1. The first-order chi connectivity index (χ1) is 13.0. The maximum Gasteiger partial charge on any atom is 0.282 e. The average molecular weight is 384 g/mol. The van der Waals surface area contributed by atoms with Crippen molar-refractivity contribution in [1.29, 1.82) is 0 Å². The fourth-order valence-corrected chi connectivity index (χ4v) is 3.11. The number of hydrogen-bond acceptors (Lipinski definition) is 5. The normalized spacial score (nSPS) is 10.6. The topological polar surface area (TPSA) is 117 Å². The van der Waals surface area contributed by atoms with Crippen molar-refractivity contribution in [2.75, 3.05) is 6.26 Å². The van der Waals surface area contributed by atoms with Crippen LogP contribution in [0.3, 0.4) is 0 Å². The Labute approximate surface area is 158 Å². The van der Waals surface area contributed by atoms with Crippen LogP contribution in [0.5, 0.6) is 0 Å². The van der Waals surface area contributed by atoms with E-state index >= 15 is 0 Å². The molecule has 0 bridgehead atoms. The van der Waals surface area contributed by atoms with Crippen molar-refractivity contribution < 1.29 is 14.5 Å². The van der Waals surface area contributed by atoms with Gasteiger partial charge in [0.2, 0.25) is 5.91 Å². The van der Waals surface area contributed by atoms with Gasteiger partial charge < -0.3 is 4.98 Å². The second-order valence-electron chi connectivity index (χ2n) is 5.68. The van der Waals surface area contributed by atoms with Crippen molar-refractivity contribution in [1.82, 2.24) is 15.8 Å². The molecular weight excluding hydrogens is 368 g/mol. The molecule has 0 aliphatic rings. The summed E-state index contributed by atoms with van der Waals surface area (Å²) in [6.45, 7) is 0. The number of nitro benzene ring substituents is 1. The number of aromatic amines is 1. The van der Waals surface area contributed by atoms with Crippen LogP contribution in [-0.2, 0) is 11.2 Å². The molecule has 0 atom stereocenters. The standard InChI is InChI=1S/C18H16N4O4S/c1-27-12-6-7-16(22(25)26)14(9-12)18(24)21-20-17(23)8-11-10-19-15-5-3-2-4-13(11)15/h2-7,9-10,19H,8H2,1H3,(H,20,23)(H,21,24). The molecule has 27 heavy (non-hydrogen) atoms. The van der Waals surface area contributed by atoms with Crippen LogP contribution >= 0.6 is 11.8 Å². The third-order valence-electron chi connectivity index (χ3n) is 3.99. The number of nitrogens with one attached hydrogen (secondary N) is 3. The van der Waals surface area contributed by atoms with E-state index < -0.39 is 16.7 Å². The first-order valence-electron chi connectivity index (χ1n) is 7.96. The quantitative estimate of drug-likeness (QED) is 0.355. The van der Waals surface area contributed by atoms with E-state index in [0.717, 1.165) is 16.5 Å². The van der Waals surface area contributed by atoms with E-state index in [2.05, 4.69) is 15.8 Å². The molecule has 3 N–H and O–H groups in total. The molecule has 3 rings (SSSR count). The fourth-order valence-electron chi connectivity index (χ4n) is 2.67. The summed E-state index contributed by atoms with van der Waals surface area (Å²) in [5.74, 6) is -1.18. The van der Waals surface area contributed by atoms with Crippen LogP contribution in [0.1, 0.15) is 15.9 Å². The molecule has 0 saturated heterocycles. The van der Waals surface area contributed by atoms with Crippen molar-refractivity contribution in [3.63, 3.8) is 0 Å². The number of thioether (sulfide) groups is 1. The number of carbonyl (C=O) groups is 2. The number of rotatable bonds is 5. The predicted octanol–water partition coefficient (Wildman–Crippen LogP) is 2.80. The minimum absolute atomic E-state index is 0.0528. The Morgan fingerprint density at radius 1 is 1.19 bits per heavy atom. The summed E-state index contributed by atoms with van der Waals surface area (Å²) in [5, 5.41) is 12.0. The molecule has 0 fully saturated rings. The molecule has 0 radical (unpaired) electrons. The van der Waals surface area contributed by atoms with Crippen molar-refractivity contribution in [2.45, 2.75) is 11.3 Å². The van der Waals surface area contributed by atoms with Gasteiger partial charge in [-0.15, -0.1) is 11.8 Å². The molecule has 1 heterocycles. The van der Waals surface area contributed by atoms with Crippen LogP contribution in [0.15, 0.2) is 53.6 Å². The van der Waals surface area contributed by atoms with E-state index in [1.165, 1.54) is 23.9 Å². The summed E-state index contributed by atoms with van der Waals surface area (Å²) in [5.41, 5.74) is 5.81. The Kier molecular flexibility index (Phi) is 5.41. The Morgan fingerprint density at radius 2 is 1.96 bits per heavy atom. The Balaban J connectivity index is 1.68. The lowest BCUT2D eigenvalue weighted by Gasteiger charge is -2.08. The number of nitrogens with zero attached hydrogens (tertiary/aromatic N) is 1. The zero-order valence-corrected chi connectivity index (χ0v) is 15.1. The summed E-state index contributed by atoms with van der Waals surface area (Å²) in [4.78, 5) is 38.7. The minimum atomic E-state index is -0.745. The summed E-state index contributed by atoms with van der Waals surface area (Å²) in [6.07, 6.45) is 3.59. The van der Waals surface area contributed by atoms with Gasteiger partial charge in [0.15, 0.2) is 0 Å². The van der Waals surface area contributed by atoms with Crippen molar-refractivity contribution in [3.8, 4) is 0 Å². The molecule has 9 heteroatoms. The Bertz CT molecular complexity index is 1030. The van der Waals surface area contributed by atoms with Gasteiger partial charge in [-0.1, -0.05) is 18.2 Å². The van der Waals surface area contributed by atoms with E-state index in [1.54, 1.807) is 18.5 Å². The minimum Gasteiger partial charge on any atom is -0.361 e. The van der Waals surface area contributed by atoms with Crippen molar-refractivity contribution >= 4 is 40.2 Å². The predicted molar refractivity (Wildman–Crippen MR) is 102 cm³/mol. The van der Waals surface area contributed by atoms with Crippen molar-refractivity contribution in [2.24, 2.45) is 0 Å². The molecule has 0 spiro atoms. The SMILES string of the molecule is CSc1ccc([N+](=O)[O-])c(C(=O)NNC(=O)Cc2c[nH]c3ccccc23)c1. The molecule has 138 valence electrons. The van der Waals surface area contributed by atoms with Gasteiger partial charge in [0.1, 0.15) is 5.56 Å². The number of carbonyl (C=O) groups excluding carboxylic acids is 2. The zero-order chi connectivity index (χ0) is 19.4. The monoisotopic (exact) mass is 384 g/mol. The number of aromatic nitrogens is 1. The summed E-state index contributed by atoms with van der Waals surface area (Å²) >= 11 is 1.36. The lowest BCUT2D eigenvalue weighted by molar-refractivity contribution is -0.385. The van der Waals surface area contributed by atoms with Gasteiger partial charge in [0.05, 0.1) is 11.3 Å². The molecular formula is C18H16N4O4S. The average Bonchev–Trinajstić information content (AvgIpc) is 3.08. The number of hydrazine groups is 1. The van der Waals surface area contributed by atoms with Gasteiger partial charge >= 0.3 is 0 Å². The number of nitro groups is 1. The highest BCUT2D eigenvalue weighted by molar-refractivity contribution is 7.98. The highest BCUT2D eigenvalue weighted by Gasteiger charge is 2.21. The highest BCUT2D eigenvalue weighted by Crippen LogP contribution is 2.24. The number of hydrogen-bond donors (Lipinski definition) is 3. The van der Waals surface area contributed by atoms with Gasteiger partial charge in [-0.25, -0.2) is 0 Å². The number of benzene rings is 2. The third kappa shape index (κ3) is 4.09. The first-order valence-corrected chi connectivity index (χ1v) is 9.18. The number of fused-ring (bicyclic) bond motifs is 1. The van der Waals surface area contributed by atoms with Gasteiger partial charge in [-0.2, -0.15) is 0 Å². The smallest absolute Gasteiger partial charge is 0.282 e. The van der Waals surface area contributed by atoms with E-state index in [9.17, 15) is 19.7 Å². The second-order valence-corrected chi connectivity index (χ2v) is 6.56. The summed E-state index contributed by atoms with van der Waals surface area (Å²) < 4.78 is 0. The van der Waals surface area contributed by atoms with Crippen LogP contribution in [0.4, 0.5) is 5.69 Å². The second kappa shape index (κ2) is 7.92. The van der Waals surface area contributed by atoms with Gasteiger partial charge in [-0.05, 0) is 30.0 Å². The van der Waals surface area contributed by atoms with E-state index in [0.29, 0.717) is 4.90 Å². The van der Waals surface area contributed by atoms with Crippen LogP contribution < -0.4 is 10.9 Å². The summed E-state index contributed by atoms with van der Waals surface area (Å²) in [6, 6.07) is 11.8. The third-order valence-corrected chi connectivity index (χ3v) is 4.71. The van der Waals surface area contributed by atoms with E-state index in [1.807, 2.05) is 24.3 Å². The molecule has 0 aliphatic heterocycles. The largest absolute Gasteiger partial charge is 0.361 e. The first kappa shape index (κ1) is 18.5. The van der Waals surface area contributed by atoms with Crippen LogP contribution in [0, 0.1) is 10.1 Å². The number of para-hydroxylation sites is 1. The fraction of sp³-hybridized carbons (Fsp3) is 0.111. The van der Waals surface area contributed by atoms with Crippen molar-refractivity contribution in [3.05, 3.63) is 69.9 Å². The van der Waals surface area contributed by atoms with Crippen LogP contribution in [-0.4, -0.2) is 28.0 Å². The van der Waals surface area contributed by atoms with Crippen LogP contribution in [0.25, 0.3) is 10.9 Å². The molecule has 0 unspecified atom stereocenters. The molecule has 8 nitrogen and oxygen atoms in total. The van der Waals surface area contributed by atoms with Gasteiger partial charge in [0, 0.05) is 28.1 Å². The van der Waals surface area contributed by atoms with Gasteiger partial charge in [-0.3, -0.25) is 30.6 Å². The molecule has 0 aliphatic carbocycles. The number of H-pyrrole nitrogens is 1. The molecule has 0 saturated carbocycles. The molecule has 2 aromatic carbocycles. The van der Waals surface area contributed by atoms with E-state index in [-0.39, 0.29) is 17.7 Å². The summed E-state index contributed by atoms with van der Waals surface area (Å²) in [7, 11) is 0.